The minimum Gasteiger partial charge on any atom is -0.348 e. The summed E-state index contributed by atoms with van der Waals surface area (Å²) in [6.07, 6.45) is 8.34. The van der Waals surface area contributed by atoms with Crippen molar-refractivity contribution in [2.75, 3.05) is 26.2 Å². The van der Waals surface area contributed by atoms with Gasteiger partial charge in [0.1, 0.15) is 0 Å². The number of aromatic nitrogens is 2. The Morgan fingerprint density at radius 1 is 1.07 bits per heavy atom. The number of carbonyl (C=O) groups is 1. The van der Waals surface area contributed by atoms with E-state index in [2.05, 4.69) is 19.8 Å². The van der Waals surface area contributed by atoms with Crippen molar-refractivity contribution in [3.8, 4) is 0 Å². The van der Waals surface area contributed by atoms with Gasteiger partial charge in [-0.1, -0.05) is 30.3 Å². The second-order valence-corrected chi connectivity index (χ2v) is 8.79. The Labute approximate surface area is 167 Å². The Kier molecular flexibility index (Phi) is 4.93. The van der Waals surface area contributed by atoms with Crippen LogP contribution in [0.15, 0.2) is 36.7 Å². The van der Waals surface area contributed by atoms with Gasteiger partial charge in [-0.2, -0.15) is 0 Å². The number of benzene rings is 1. The second-order valence-electron chi connectivity index (χ2n) is 8.79. The molecule has 3 aliphatic rings. The van der Waals surface area contributed by atoms with E-state index in [1.54, 1.807) is 0 Å². The molecule has 148 valence electrons. The Hall–Kier alpha value is -2.14. The van der Waals surface area contributed by atoms with Crippen molar-refractivity contribution in [1.29, 1.82) is 0 Å². The molecule has 0 bridgehead atoms. The van der Waals surface area contributed by atoms with Crippen molar-refractivity contribution in [2.24, 2.45) is 11.8 Å². The van der Waals surface area contributed by atoms with E-state index in [4.69, 9.17) is 0 Å². The van der Waals surface area contributed by atoms with Crippen LogP contribution in [0.5, 0.6) is 0 Å². The molecule has 5 rings (SSSR count). The number of hydrogen-bond acceptors (Lipinski definition) is 3. The van der Waals surface area contributed by atoms with E-state index >= 15 is 0 Å². The molecular formula is C23H30N4O. The number of nitrogens with one attached hydrogen (secondary N) is 1. The molecule has 1 unspecified atom stereocenters. The predicted octanol–water partition coefficient (Wildman–Crippen LogP) is 3.20. The van der Waals surface area contributed by atoms with E-state index in [-0.39, 0.29) is 11.9 Å². The molecule has 1 saturated carbocycles. The highest BCUT2D eigenvalue weighted by Crippen LogP contribution is 2.40. The summed E-state index contributed by atoms with van der Waals surface area (Å²) in [6.45, 7) is 4.41. The van der Waals surface area contributed by atoms with Crippen LogP contribution >= 0.6 is 0 Å². The summed E-state index contributed by atoms with van der Waals surface area (Å²) >= 11 is 0. The number of amides is 1. The predicted molar refractivity (Wildman–Crippen MR) is 109 cm³/mol. The first-order valence-electron chi connectivity index (χ1n) is 10.9. The number of carbonyl (C=O) groups excluding carboxylic acids is 1. The van der Waals surface area contributed by atoms with E-state index in [0.29, 0.717) is 12.3 Å². The molecular weight excluding hydrogens is 348 g/mol. The maximum absolute atomic E-state index is 13.2. The fourth-order valence-corrected chi connectivity index (χ4v) is 5.05. The zero-order valence-corrected chi connectivity index (χ0v) is 16.5. The van der Waals surface area contributed by atoms with Gasteiger partial charge in [-0.3, -0.25) is 4.79 Å². The van der Waals surface area contributed by atoms with Gasteiger partial charge in [0.2, 0.25) is 5.91 Å². The van der Waals surface area contributed by atoms with Gasteiger partial charge in [0, 0.05) is 25.2 Å². The van der Waals surface area contributed by atoms with Crippen molar-refractivity contribution < 1.29 is 4.79 Å². The summed E-state index contributed by atoms with van der Waals surface area (Å²) in [5, 5.41) is 0. The highest BCUT2D eigenvalue weighted by atomic mass is 16.2. The molecule has 5 nitrogen and oxygen atoms in total. The SMILES string of the molecule is O=C(Cc1ccccc1)N1CCc2[nH]cnc2C1C1CCN(CC2CC2)CC1. The summed E-state index contributed by atoms with van der Waals surface area (Å²) < 4.78 is 0. The van der Waals surface area contributed by atoms with Crippen LogP contribution in [0.25, 0.3) is 0 Å². The van der Waals surface area contributed by atoms with E-state index in [1.165, 1.54) is 37.9 Å². The van der Waals surface area contributed by atoms with Crippen molar-refractivity contribution in [3.63, 3.8) is 0 Å². The number of nitrogens with zero attached hydrogens (tertiary/aromatic N) is 3. The van der Waals surface area contributed by atoms with Gasteiger partial charge < -0.3 is 14.8 Å². The monoisotopic (exact) mass is 378 g/mol. The molecule has 5 heteroatoms. The van der Waals surface area contributed by atoms with Crippen LogP contribution in [0.3, 0.4) is 0 Å². The maximum atomic E-state index is 13.2. The first-order chi connectivity index (χ1) is 13.8. The van der Waals surface area contributed by atoms with Gasteiger partial charge in [-0.15, -0.1) is 0 Å². The lowest BCUT2D eigenvalue weighted by molar-refractivity contribution is -0.135. The lowest BCUT2D eigenvalue weighted by Crippen LogP contribution is -2.47. The molecule has 2 aromatic rings. The summed E-state index contributed by atoms with van der Waals surface area (Å²) in [5.74, 6) is 1.70. The molecule has 0 radical (unpaired) electrons. The van der Waals surface area contributed by atoms with Crippen LogP contribution < -0.4 is 0 Å². The highest BCUT2D eigenvalue weighted by molar-refractivity contribution is 5.79. The summed E-state index contributed by atoms with van der Waals surface area (Å²) in [7, 11) is 0. The summed E-state index contributed by atoms with van der Waals surface area (Å²) in [4.78, 5) is 26.0. The molecule has 28 heavy (non-hydrogen) atoms. The van der Waals surface area contributed by atoms with Crippen molar-refractivity contribution >= 4 is 5.91 Å². The molecule has 2 aliphatic heterocycles. The van der Waals surface area contributed by atoms with E-state index in [0.717, 1.165) is 43.2 Å². The maximum Gasteiger partial charge on any atom is 0.227 e. The molecule has 1 saturated heterocycles. The zero-order chi connectivity index (χ0) is 18.9. The molecule has 1 N–H and O–H groups in total. The smallest absolute Gasteiger partial charge is 0.227 e. The van der Waals surface area contributed by atoms with Crippen LogP contribution in [0, 0.1) is 11.8 Å². The quantitative estimate of drug-likeness (QED) is 0.869. The van der Waals surface area contributed by atoms with Gasteiger partial charge in [0.15, 0.2) is 0 Å². The minimum atomic E-state index is 0.134. The van der Waals surface area contributed by atoms with Crippen LogP contribution in [0.2, 0.25) is 0 Å². The second kappa shape index (κ2) is 7.70. The van der Waals surface area contributed by atoms with Gasteiger partial charge in [-0.25, -0.2) is 4.98 Å². The van der Waals surface area contributed by atoms with E-state index < -0.39 is 0 Å². The van der Waals surface area contributed by atoms with Gasteiger partial charge >= 0.3 is 0 Å². The number of rotatable bonds is 5. The number of aromatic amines is 1. The summed E-state index contributed by atoms with van der Waals surface area (Å²) in [5.41, 5.74) is 3.45. The van der Waals surface area contributed by atoms with Gasteiger partial charge in [0.25, 0.3) is 0 Å². The standard InChI is InChI=1S/C23H30N4O/c28-21(14-17-4-2-1-3-5-17)27-13-10-20-22(25-16-24-20)23(27)19-8-11-26(12-9-19)15-18-6-7-18/h1-5,16,18-19,23H,6-15H2,(H,24,25). The molecule has 0 spiro atoms. The lowest BCUT2D eigenvalue weighted by atomic mass is 9.83. The number of fused-ring (bicyclic) bond motifs is 1. The fourth-order valence-electron chi connectivity index (χ4n) is 5.05. The number of likely N-dealkylation sites (tertiary alicyclic amines) is 1. The largest absolute Gasteiger partial charge is 0.348 e. The number of imidazole rings is 1. The fraction of sp³-hybridized carbons (Fsp3) is 0.565. The van der Waals surface area contributed by atoms with Crippen LogP contribution in [0.1, 0.15) is 48.7 Å². The first-order valence-corrected chi connectivity index (χ1v) is 10.9. The molecule has 1 aliphatic carbocycles. The Balaban J connectivity index is 1.32. The molecule has 1 atom stereocenters. The third-order valence-corrected chi connectivity index (χ3v) is 6.78. The van der Waals surface area contributed by atoms with Crippen molar-refractivity contribution in [1.82, 2.24) is 19.8 Å². The van der Waals surface area contributed by atoms with E-state index in [9.17, 15) is 4.79 Å². The van der Waals surface area contributed by atoms with Gasteiger partial charge in [-0.05, 0) is 56.2 Å². The van der Waals surface area contributed by atoms with Gasteiger partial charge in [0.05, 0.1) is 24.5 Å². The number of piperidine rings is 1. The number of hydrogen-bond donors (Lipinski definition) is 1. The van der Waals surface area contributed by atoms with Crippen molar-refractivity contribution in [2.45, 2.75) is 44.6 Å². The molecule has 1 aromatic heterocycles. The Bertz CT molecular complexity index is 805. The molecule has 1 amide bonds. The van der Waals surface area contributed by atoms with Crippen LogP contribution in [0.4, 0.5) is 0 Å². The molecule has 3 heterocycles. The number of H-pyrrole nitrogens is 1. The lowest BCUT2D eigenvalue weighted by Gasteiger charge is -2.43. The average Bonchev–Trinajstić information content (AvgIpc) is 3.41. The van der Waals surface area contributed by atoms with E-state index in [1.807, 2.05) is 36.7 Å². The summed E-state index contributed by atoms with van der Waals surface area (Å²) in [6, 6.07) is 10.3. The average molecular weight is 379 g/mol. The molecule has 2 fully saturated rings. The first kappa shape index (κ1) is 17.9. The zero-order valence-electron chi connectivity index (χ0n) is 16.5. The molecule has 1 aromatic carbocycles. The Morgan fingerprint density at radius 2 is 1.86 bits per heavy atom. The third kappa shape index (κ3) is 3.72. The third-order valence-electron chi connectivity index (χ3n) is 6.78. The van der Waals surface area contributed by atoms with Crippen molar-refractivity contribution in [3.05, 3.63) is 53.6 Å². The Morgan fingerprint density at radius 3 is 2.61 bits per heavy atom. The topological polar surface area (TPSA) is 52.2 Å². The normalized spacial score (nSPS) is 23.6. The van der Waals surface area contributed by atoms with Crippen LogP contribution in [-0.4, -0.2) is 51.9 Å². The van der Waals surface area contributed by atoms with Crippen LogP contribution in [-0.2, 0) is 17.6 Å². The highest BCUT2D eigenvalue weighted by Gasteiger charge is 2.39. The minimum absolute atomic E-state index is 0.134.